The molecule has 0 unspecified atom stereocenters. The molecule has 0 bridgehead atoms. The number of ether oxygens (including phenoxy) is 2. The standard InChI is InChI=1S/C7H12O2.C4H2O3/c1-4-5-6(2)7(8)9-3;5-3-1-2-4(6)7-3/h2,4-5H2,1,3H3;1-2H. The van der Waals surface area contributed by atoms with Crippen molar-refractivity contribution in [3.8, 4) is 0 Å². The second-order valence-electron chi connectivity index (χ2n) is 2.92. The van der Waals surface area contributed by atoms with Crippen LogP contribution in [0.25, 0.3) is 0 Å². The summed E-state index contributed by atoms with van der Waals surface area (Å²) in [5, 5.41) is 0. The van der Waals surface area contributed by atoms with Crippen LogP contribution in [0.1, 0.15) is 19.8 Å². The van der Waals surface area contributed by atoms with Gasteiger partial charge < -0.3 is 9.47 Å². The van der Waals surface area contributed by atoms with Gasteiger partial charge in [0, 0.05) is 17.7 Å². The van der Waals surface area contributed by atoms with Crippen LogP contribution < -0.4 is 0 Å². The molecule has 1 heterocycles. The average Bonchev–Trinajstić information content (AvgIpc) is 2.62. The molecule has 1 aliphatic rings. The lowest BCUT2D eigenvalue weighted by molar-refractivity contribution is -0.150. The molecule has 5 heteroatoms. The van der Waals surface area contributed by atoms with Gasteiger partial charge in [-0.25, -0.2) is 14.4 Å². The van der Waals surface area contributed by atoms with Gasteiger partial charge in [-0.05, 0) is 6.42 Å². The summed E-state index contributed by atoms with van der Waals surface area (Å²) in [6, 6.07) is 0. The molecule has 0 aromatic heterocycles. The van der Waals surface area contributed by atoms with E-state index in [0.717, 1.165) is 25.0 Å². The molecule has 0 aliphatic carbocycles. The number of carbonyl (C=O) groups excluding carboxylic acids is 3. The third-order valence-corrected chi connectivity index (χ3v) is 1.58. The largest absolute Gasteiger partial charge is 0.466 e. The Labute approximate surface area is 93.7 Å². The summed E-state index contributed by atoms with van der Waals surface area (Å²) in [5.41, 5.74) is 0.556. The van der Waals surface area contributed by atoms with Crippen molar-refractivity contribution in [3.05, 3.63) is 24.3 Å². The third kappa shape index (κ3) is 5.74. The highest BCUT2D eigenvalue weighted by atomic mass is 16.6. The molecule has 0 atom stereocenters. The number of rotatable bonds is 3. The predicted octanol–water partition coefficient (Wildman–Crippen LogP) is 1.14. The van der Waals surface area contributed by atoms with Crippen LogP contribution in [0.15, 0.2) is 24.3 Å². The molecule has 16 heavy (non-hydrogen) atoms. The van der Waals surface area contributed by atoms with E-state index in [9.17, 15) is 14.4 Å². The van der Waals surface area contributed by atoms with Gasteiger partial charge in [0.1, 0.15) is 0 Å². The van der Waals surface area contributed by atoms with E-state index in [1.807, 2.05) is 6.92 Å². The lowest BCUT2D eigenvalue weighted by atomic mass is 10.2. The number of methoxy groups -OCH3 is 1. The average molecular weight is 226 g/mol. The van der Waals surface area contributed by atoms with E-state index in [-0.39, 0.29) is 5.97 Å². The number of hydrogen-bond donors (Lipinski definition) is 0. The number of carbonyl (C=O) groups is 3. The zero-order valence-corrected chi connectivity index (χ0v) is 9.32. The van der Waals surface area contributed by atoms with Crippen LogP contribution in [0.2, 0.25) is 0 Å². The maximum Gasteiger partial charge on any atom is 0.338 e. The minimum atomic E-state index is -0.579. The van der Waals surface area contributed by atoms with E-state index in [2.05, 4.69) is 16.1 Å². The zero-order chi connectivity index (χ0) is 12.6. The molecule has 88 valence electrons. The highest BCUT2D eigenvalue weighted by Gasteiger charge is 2.10. The van der Waals surface area contributed by atoms with E-state index < -0.39 is 11.9 Å². The fourth-order valence-electron chi connectivity index (χ4n) is 0.851. The summed E-state index contributed by atoms with van der Waals surface area (Å²) in [6.07, 6.45) is 3.84. The summed E-state index contributed by atoms with van der Waals surface area (Å²) in [5.74, 6) is -1.45. The molecule has 0 amide bonds. The molecule has 0 aromatic rings. The Morgan fingerprint density at radius 3 is 2.12 bits per heavy atom. The summed E-state index contributed by atoms with van der Waals surface area (Å²) in [4.78, 5) is 30.4. The van der Waals surface area contributed by atoms with Crippen LogP contribution in [0.5, 0.6) is 0 Å². The van der Waals surface area contributed by atoms with Gasteiger partial charge in [-0.3, -0.25) is 0 Å². The molecule has 0 saturated carbocycles. The van der Waals surface area contributed by atoms with Gasteiger partial charge in [0.25, 0.3) is 0 Å². The summed E-state index contributed by atoms with van der Waals surface area (Å²) in [6.45, 7) is 5.53. The monoisotopic (exact) mass is 226 g/mol. The maximum absolute atomic E-state index is 10.6. The Kier molecular flexibility index (Phi) is 6.51. The molecule has 0 fully saturated rings. The van der Waals surface area contributed by atoms with Crippen LogP contribution in [-0.2, 0) is 23.9 Å². The van der Waals surface area contributed by atoms with E-state index in [4.69, 9.17) is 0 Å². The first-order valence-corrected chi connectivity index (χ1v) is 4.71. The van der Waals surface area contributed by atoms with Gasteiger partial charge in [0.2, 0.25) is 0 Å². The van der Waals surface area contributed by atoms with E-state index in [0.29, 0.717) is 5.57 Å². The highest BCUT2D eigenvalue weighted by molar-refractivity contribution is 6.04. The van der Waals surface area contributed by atoms with Gasteiger partial charge in [0.15, 0.2) is 0 Å². The SMILES string of the molecule is C=C(CCC)C(=O)OC.O=C1C=CC(=O)O1. The van der Waals surface area contributed by atoms with E-state index >= 15 is 0 Å². The van der Waals surface area contributed by atoms with Gasteiger partial charge >= 0.3 is 17.9 Å². The van der Waals surface area contributed by atoms with Gasteiger partial charge in [0.05, 0.1) is 7.11 Å². The molecule has 0 radical (unpaired) electrons. The molecule has 0 aromatic carbocycles. The Morgan fingerprint density at radius 1 is 1.38 bits per heavy atom. The number of hydrogen-bond acceptors (Lipinski definition) is 5. The van der Waals surface area contributed by atoms with Crippen LogP contribution in [0.4, 0.5) is 0 Å². The first kappa shape index (κ1) is 14.1. The molecule has 0 N–H and O–H groups in total. The second-order valence-corrected chi connectivity index (χ2v) is 2.92. The van der Waals surface area contributed by atoms with Gasteiger partial charge in [-0.1, -0.05) is 19.9 Å². The van der Waals surface area contributed by atoms with Crippen molar-refractivity contribution in [1.82, 2.24) is 0 Å². The molecule has 1 rings (SSSR count). The van der Waals surface area contributed by atoms with Crippen LogP contribution in [0, 0.1) is 0 Å². The summed E-state index contributed by atoms with van der Waals surface area (Å²) >= 11 is 0. The van der Waals surface area contributed by atoms with Crippen molar-refractivity contribution >= 4 is 17.9 Å². The molecule has 5 nitrogen and oxygen atoms in total. The smallest absolute Gasteiger partial charge is 0.338 e. The minimum absolute atomic E-state index is 0.295. The van der Waals surface area contributed by atoms with Gasteiger partial charge in [-0.2, -0.15) is 0 Å². The van der Waals surface area contributed by atoms with Crippen molar-refractivity contribution in [3.63, 3.8) is 0 Å². The maximum atomic E-state index is 10.6. The van der Waals surface area contributed by atoms with Crippen LogP contribution >= 0.6 is 0 Å². The summed E-state index contributed by atoms with van der Waals surface area (Å²) < 4.78 is 8.40. The van der Waals surface area contributed by atoms with E-state index in [1.165, 1.54) is 7.11 Å². The summed E-state index contributed by atoms with van der Waals surface area (Å²) in [7, 11) is 1.36. The molecule has 0 saturated heterocycles. The second kappa shape index (κ2) is 7.39. The fourth-order valence-corrected chi connectivity index (χ4v) is 0.851. The third-order valence-electron chi connectivity index (χ3n) is 1.58. The van der Waals surface area contributed by atoms with Crippen molar-refractivity contribution in [2.24, 2.45) is 0 Å². The first-order valence-electron chi connectivity index (χ1n) is 4.71. The van der Waals surface area contributed by atoms with Crippen molar-refractivity contribution in [2.75, 3.05) is 7.11 Å². The van der Waals surface area contributed by atoms with Crippen molar-refractivity contribution in [1.29, 1.82) is 0 Å². The number of cyclic esters (lactones) is 2. The van der Waals surface area contributed by atoms with Crippen LogP contribution in [-0.4, -0.2) is 25.0 Å². The molecular weight excluding hydrogens is 212 g/mol. The molecule has 1 aliphatic heterocycles. The lowest BCUT2D eigenvalue weighted by Gasteiger charge is -1.98. The van der Waals surface area contributed by atoms with Crippen molar-refractivity contribution in [2.45, 2.75) is 19.8 Å². The normalized spacial score (nSPS) is 12.6. The van der Waals surface area contributed by atoms with Crippen LogP contribution in [0.3, 0.4) is 0 Å². The fraction of sp³-hybridized carbons (Fsp3) is 0.364. The highest BCUT2D eigenvalue weighted by Crippen LogP contribution is 2.02. The Bertz CT molecular complexity index is 311. The van der Waals surface area contributed by atoms with Crippen molar-refractivity contribution < 1.29 is 23.9 Å². The molecular formula is C11H14O5. The lowest BCUT2D eigenvalue weighted by Crippen LogP contribution is -2.02. The first-order chi connectivity index (χ1) is 7.51. The topological polar surface area (TPSA) is 69.7 Å². The quantitative estimate of drug-likeness (QED) is 0.410. The van der Waals surface area contributed by atoms with E-state index in [1.54, 1.807) is 0 Å². The zero-order valence-electron chi connectivity index (χ0n) is 9.32. The predicted molar refractivity (Wildman–Crippen MR) is 56.3 cm³/mol. The Hall–Kier alpha value is -1.91. The Morgan fingerprint density at radius 2 is 1.88 bits per heavy atom. The number of esters is 3. The molecule has 0 spiro atoms. The minimum Gasteiger partial charge on any atom is -0.466 e. The van der Waals surface area contributed by atoms with Gasteiger partial charge in [-0.15, -0.1) is 0 Å². The Balaban J connectivity index is 0.000000288.